The van der Waals surface area contributed by atoms with Crippen LogP contribution in [-0.4, -0.2) is 22.5 Å². The van der Waals surface area contributed by atoms with Crippen molar-refractivity contribution in [3.8, 4) is 6.01 Å². The molecule has 5 heteroatoms. The number of hydrogen-bond donors (Lipinski definition) is 0. The average Bonchev–Trinajstić information content (AvgIpc) is 2.22. The predicted molar refractivity (Wildman–Crippen MR) is 63.9 cm³/mol. The van der Waals surface area contributed by atoms with Gasteiger partial charge in [-0.05, 0) is 11.0 Å². The third-order valence-corrected chi connectivity index (χ3v) is 3.12. The van der Waals surface area contributed by atoms with Crippen LogP contribution in [0.3, 0.4) is 0 Å². The Kier molecular flexibility index (Phi) is 3.25. The van der Waals surface area contributed by atoms with Crippen molar-refractivity contribution in [3.63, 3.8) is 0 Å². The predicted octanol–water partition coefficient (Wildman–Crippen LogP) is 3.20. The van der Waals surface area contributed by atoms with Crippen molar-refractivity contribution >= 4 is 0 Å². The van der Waals surface area contributed by atoms with E-state index in [2.05, 4.69) is 30.7 Å². The molecule has 1 aliphatic rings. The number of nitrogens with zero attached hydrogens (tertiary/aromatic N) is 2. The summed E-state index contributed by atoms with van der Waals surface area (Å²) >= 11 is 0. The fraction of sp³-hybridized carbons (Fsp3) is 0.692. The molecule has 18 heavy (non-hydrogen) atoms. The lowest BCUT2D eigenvalue weighted by Gasteiger charge is -2.34. The van der Waals surface area contributed by atoms with Crippen LogP contribution in [0, 0.1) is 5.92 Å². The molecule has 1 aromatic heterocycles. The van der Waals surface area contributed by atoms with Crippen molar-refractivity contribution in [2.45, 2.75) is 45.0 Å². The van der Waals surface area contributed by atoms with Gasteiger partial charge in [0.05, 0.1) is 6.61 Å². The van der Waals surface area contributed by atoms with Crippen molar-refractivity contribution in [3.05, 3.63) is 18.0 Å². The van der Waals surface area contributed by atoms with Gasteiger partial charge in [-0.25, -0.2) is 18.7 Å². The first-order chi connectivity index (χ1) is 8.26. The molecule has 0 saturated heterocycles. The highest BCUT2D eigenvalue weighted by molar-refractivity contribution is 5.16. The van der Waals surface area contributed by atoms with E-state index < -0.39 is 5.92 Å². The van der Waals surface area contributed by atoms with Crippen LogP contribution in [0.2, 0.25) is 0 Å². The summed E-state index contributed by atoms with van der Waals surface area (Å²) in [6, 6.07) is 0.262. The molecule has 0 atom stereocenters. The summed E-state index contributed by atoms with van der Waals surface area (Å²) in [7, 11) is 0. The first-order valence-corrected chi connectivity index (χ1v) is 6.09. The van der Waals surface area contributed by atoms with Crippen molar-refractivity contribution in [2.75, 3.05) is 6.61 Å². The molecular weight excluding hydrogens is 238 g/mol. The fourth-order valence-electron chi connectivity index (χ4n) is 1.87. The van der Waals surface area contributed by atoms with Crippen LogP contribution < -0.4 is 4.74 Å². The fourth-order valence-corrected chi connectivity index (χ4v) is 1.87. The highest BCUT2D eigenvalue weighted by Gasteiger charge is 2.45. The Labute approximate surface area is 106 Å². The van der Waals surface area contributed by atoms with Crippen LogP contribution in [0.4, 0.5) is 8.78 Å². The summed E-state index contributed by atoms with van der Waals surface area (Å²) in [5.74, 6) is -2.57. The third-order valence-electron chi connectivity index (χ3n) is 3.12. The molecule has 100 valence electrons. The van der Waals surface area contributed by atoms with Crippen LogP contribution in [0.5, 0.6) is 6.01 Å². The number of halogens is 2. The second-order valence-corrected chi connectivity index (χ2v) is 5.95. The Hall–Kier alpha value is -1.26. The van der Waals surface area contributed by atoms with Gasteiger partial charge in [-0.15, -0.1) is 0 Å². The lowest BCUT2D eigenvalue weighted by molar-refractivity contribution is -0.119. The molecule has 1 saturated carbocycles. The van der Waals surface area contributed by atoms with Crippen molar-refractivity contribution in [2.24, 2.45) is 5.92 Å². The van der Waals surface area contributed by atoms with Gasteiger partial charge in [-0.1, -0.05) is 20.8 Å². The normalized spacial score (nSPS) is 19.4. The number of alkyl halides is 2. The maximum absolute atomic E-state index is 12.6. The van der Waals surface area contributed by atoms with Gasteiger partial charge in [0.25, 0.3) is 0 Å². The second-order valence-electron chi connectivity index (χ2n) is 5.95. The highest BCUT2D eigenvalue weighted by atomic mass is 19.3. The van der Waals surface area contributed by atoms with Crippen molar-refractivity contribution < 1.29 is 13.5 Å². The number of ether oxygens (including phenoxy) is 1. The van der Waals surface area contributed by atoms with Gasteiger partial charge in [0.15, 0.2) is 0 Å². The van der Waals surface area contributed by atoms with E-state index in [4.69, 9.17) is 4.74 Å². The summed E-state index contributed by atoms with van der Waals surface area (Å²) in [6.07, 6.45) is 3.26. The van der Waals surface area contributed by atoms with Gasteiger partial charge in [-0.2, -0.15) is 0 Å². The maximum atomic E-state index is 12.6. The maximum Gasteiger partial charge on any atom is 0.316 e. The second kappa shape index (κ2) is 4.44. The molecule has 0 N–H and O–H groups in total. The molecule has 0 amide bonds. The lowest BCUT2D eigenvalue weighted by Crippen LogP contribution is -2.38. The zero-order valence-electron chi connectivity index (χ0n) is 10.9. The Balaban J connectivity index is 1.84. The van der Waals surface area contributed by atoms with Crippen LogP contribution in [0.15, 0.2) is 12.4 Å². The van der Waals surface area contributed by atoms with E-state index in [1.807, 2.05) is 0 Å². The van der Waals surface area contributed by atoms with Gasteiger partial charge in [0.2, 0.25) is 5.92 Å². The van der Waals surface area contributed by atoms with Gasteiger partial charge < -0.3 is 4.74 Å². The molecule has 0 unspecified atom stereocenters. The van der Waals surface area contributed by atoms with Crippen LogP contribution in [0.25, 0.3) is 0 Å². The van der Waals surface area contributed by atoms with Gasteiger partial charge in [0, 0.05) is 31.2 Å². The summed E-state index contributed by atoms with van der Waals surface area (Å²) in [5, 5.41) is 0. The molecule has 1 aliphatic carbocycles. The molecule has 0 radical (unpaired) electrons. The summed E-state index contributed by atoms with van der Waals surface area (Å²) in [4.78, 5) is 8.18. The monoisotopic (exact) mass is 256 g/mol. The standard InChI is InChI=1S/C13H18F2N2O/c1-12(2,3)10-6-16-11(17-7-10)18-8-9-4-13(14,15)5-9/h6-7,9H,4-5,8H2,1-3H3. The number of aromatic nitrogens is 2. The van der Waals surface area contributed by atoms with Gasteiger partial charge in [-0.3, -0.25) is 0 Å². The Morgan fingerprint density at radius 2 is 1.83 bits per heavy atom. The van der Waals surface area contributed by atoms with E-state index in [9.17, 15) is 8.78 Å². The van der Waals surface area contributed by atoms with E-state index in [1.54, 1.807) is 12.4 Å². The van der Waals surface area contributed by atoms with E-state index in [-0.39, 0.29) is 36.8 Å². The lowest BCUT2D eigenvalue weighted by atomic mass is 9.82. The molecule has 1 heterocycles. The molecule has 1 aromatic rings. The van der Waals surface area contributed by atoms with Gasteiger partial charge >= 0.3 is 6.01 Å². The van der Waals surface area contributed by atoms with E-state index in [1.165, 1.54) is 0 Å². The highest BCUT2D eigenvalue weighted by Crippen LogP contribution is 2.42. The first kappa shape index (κ1) is 13.2. The van der Waals surface area contributed by atoms with Crippen molar-refractivity contribution in [1.82, 2.24) is 9.97 Å². The SMILES string of the molecule is CC(C)(C)c1cnc(OCC2CC(F)(F)C2)nc1. The molecular formula is C13H18F2N2O. The van der Waals surface area contributed by atoms with Crippen molar-refractivity contribution in [1.29, 1.82) is 0 Å². The molecule has 0 spiro atoms. The molecule has 3 nitrogen and oxygen atoms in total. The molecule has 2 rings (SSSR count). The summed E-state index contributed by atoms with van der Waals surface area (Å²) in [5.41, 5.74) is 1.01. The Bertz CT molecular complexity index is 404. The molecule has 0 aliphatic heterocycles. The Morgan fingerprint density at radius 1 is 1.28 bits per heavy atom. The topological polar surface area (TPSA) is 35.0 Å². The van der Waals surface area contributed by atoms with E-state index >= 15 is 0 Å². The minimum atomic E-state index is -2.50. The van der Waals surface area contributed by atoms with E-state index in [0.29, 0.717) is 0 Å². The minimum absolute atomic E-state index is 0.00540. The smallest absolute Gasteiger partial charge is 0.316 e. The van der Waals surface area contributed by atoms with Gasteiger partial charge in [0.1, 0.15) is 0 Å². The first-order valence-electron chi connectivity index (χ1n) is 6.09. The largest absolute Gasteiger partial charge is 0.463 e. The van der Waals surface area contributed by atoms with Crippen LogP contribution >= 0.6 is 0 Å². The summed E-state index contributed by atoms with van der Waals surface area (Å²) < 4.78 is 30.5. The third kappa shape index (κ3) is 3.15. The average molecular weight is 256 g/mol. The Morgan fingerprint density at radius 3 is 2.28 bits per heavy atom. The molecule has 0 aromatic carbocycles. The van der Waals surface area contributed by atoms with Crippen LogP contribution in [-0.2, 0) is 5.41 Å². The molecule has 1 fully saturated rings. The van der Waals surface area contributed by atoms with Crippen LogP contribution in [0.1, 0.15) is 39.2 Å². The quantitative estimate of drug-likeness (QED) is 0.833. The zero-order valence-corrected chi connectivity index (χ0v) is 10.9. The van der Waals surface area contributed by atoms with E-state index in [0.717, 1.165) is 5.56 Å². The minimum Gasteiger partial charge on any atom is -0.463 e. The number of rotatable bonds is 3. The zero-order chi connectivity index (χ0) is 13.4. The molecule has 0 bridgehead atoms. The summed E-state index contributed by atoms with van der Waals surface area (Å²) in [6.45, 7) is 6.48. The number of hydrogen-bond acceptors (Lipinski definition) is 3.